The number of carbonyl (C=O) groups excluding carboxylic acids is 1. The van der Waals surface area contributed by atoms with Crippen LogP contribution in [0.25, 0.3) is 0 Å². The van der Waals surface area contributed by atoms with E-state index < -0.39 is 0 Å². The molecule has 1 rings (SSSR count). The van der Waals surface area contributed by atoms with Crippen molar-refractivity contribution in [2.45, 2.75) is 13.0 Å². The molecule has 1 N–H and O–H groups in total. The molecule has 5 heteroatoms. The van der Waals surface area contributed by atoms with E-state index in [2.05, 4.69) is 21.2 Å². The molecule has 0 aliphatic heterocycles. The second-order valence-electron chi connectivity index (χ2n) is 3.61. The van der Waals surface area contributed by atoms with Gasteiger partial charge in [-0.25, -0.2) is 0 Å². The van der Waals surface area contributed by atoms with E-state index >= 15 is 0 Å². The summed E-state index contributed by atoms with van der Waals surface area (Å²) in [5, 5.41) is 2.79. The van der Waals surface area contributed by atoms with Crippen molar-refractivity contribution in [3.05, 3.63) is 28.2 Å². The van der Waals surface area contributed by atoms with Gasteiger partial charge < -0.3 is 14.8 Å². The summed E-state index contributed by atoms with van der Waals surface area (Å²) in [7, 11) is 3.20. The minimum absolute atomic E-state index is 0.000592. The Morgan fingerprint density at radius 1 is 1.47 bits per heavy atom. The van der Waals surface area contributed by atoms with Gasteiger partial charge in [0, 0.05) is 19.2 Å². The number of carbonyl (C=O) groups is 1. The summed E-state index contributed by atoms with van der Waals surface area (Å²) in [5.74, 6) is 0.573. The highest BCUT2D eigenvalue weighted by atomic mass is 79.9. The molecule has 0 radical (unpaired) electrons. The molecule has 1 unspecified atom stereocenters. The lowest BCUT2D eigenvalue weighted by atomic mass is 10.2. The van der Waals surface area contributed by atoms with Gasteiger partial charge in [0.2, 0.25) is 0 Å². The summed E-state index contributed by atoms with van der Waals surface area (Å²) in [6, 6.07) is 5.20. The molecule has 4 nitrogen and oxygen atoms in total. The Kier molecular flexibility index (Phi) is 5.44. The second kappa shape index (κ2) is 6.61. The number of methoxy groups -OCH3 is 2. The number of rotatable bonds is 5. The van der Waals surface area contributed by atoms with Crippen LogP contribution >= 0.6 is 15.9 Å². The average molecular weight is 302 g/mol. The minimum atomic E-state index is -0.128. The van der Waals surface area contributed by atoms with Crippen LogP contribution in [0.1, 0.15) is 17.3 Å². The number of benzene rings is 1. The van der Waals surface area contributed by atoms with Crippen molar-refractivity contribution in [1.82, 2.24) is 5.32 Å². The molecule has 1 aromatic carbocycles. The molecule has 1 amide bonds. The van der Waals surface area contributed by atoms with E-state index in [4.69, 9.17) is 9.47 Å². The summed E-state index contributed by atoms with van der Waals surface area (Å²) in [6.45, 7) is 2.38. The first kappa shape index (κ1) is 14.0. The quantitative estimate of drug-likeness (QED) is 0.907. The minimum Gasteiger partial charge on any atom is -0.496 e. The number of amides is 1. The lowest BCUT2D eigenvalue weighted by Gasteiger charge is -2.11. The first-order chi connectivity index (χ1) is 8.08. The van der Waals surface area contributed by atoms with Gasteiger partial charge in [-0.2, -0.15) is 0 Å². The van der Waals surface area contributed by atoms with Gasteiger partial charge in [0.15, 0.2) is 0 Å². The molecule has 0 spiro atoms. The molecule has 0 saturated heterocycles. The molecule has 0 saturated carbocycles. The first-order valence-corrected chi connectivity index (χ1v) is 6.02. The fourth-order valence-corrected chi connectivity index (χ4v) is 1.77. The van der Waals surface area contributed by atoms with E-state index in [1.165, 1.54) is 0 Å². The van der Waals surface area contributed by atoms with Crippen LogP contribution in [-0.4, -0.2) is 32.8 Å². The molecular weight excluding hydrogens is 286 g/mol. The Balaban J connectivity index is 2.66. The van der Waals surface area contributed by atoms with Gasteiger partial charge in [-0.1, -0.05) is 0 Å². The maximum atomic E-state index is 11.8. The van der Waals surface area contributed by atoms with Gasteiger partial charge in [-0.05, 0) is 41.1 Å². The van der Waals surface area contributed by atoms with Crippen LogP contribution in [-0.2, 0) is 4.74 Å². The van der Waals surface area contributed by atoms with Crippen molar-refractivity contribution in [1.29, 1.82) is 0 Å². The van der Waals surface area contributed by atoms with Gasteiger partial charge in [0.25, 0.3) is 5.91 Å². The van der Waals surface area contributed by atoms with E-state index in [1.54, 1.807) is 32.4 Å². The Morgan fingerprint density at radius 3 is 2.71 bits per heavy atom. The molecule has 17 heavy (non-hydrogen) atoms. The molecule has 0 aliphatic rings. The third-order valence-electron chi connectivity index (χ3n) is 2.37. The number of hydrogen-bond acceptors (Lipinski definition) is 3. The Hall–Kier alpha value is -1.07. The summed E-state index contributed by atoms with van der Waals surface area (Å²) < 4.78 is 10.9. The van der Waals surface area contributed by atoms with Crippen molar-refractivity contribution in [3.63, 3.8) is 0 Å². The summed E-state index contributed by atoms with van der Waals surface area (Å²) >= 11 is 3.34. The van der Waals surface area contributed by atoms with E-state index in [-0.39, 0.29) is 12.0 Å². The summed E-state index contributed by atoms with van der Waals surface area (Å²) in [5.41, 5.74) is 0.584. The third-order valence-corrected chi connectivity index (χ3v) is 2.99. The summed E-state index contributed by atoms with van der Waals surface area (Å²) in [6.07, 6.45) is 0.000592. The fourth-order valence-electron chi connectivity index (χ4n) is 1.23. The van der Waals surface area contributed by atoms with Crippen molar-refractivity contribution in [2.75, 3.05) is 20.8 Å². The predicted molar refractivity (Wildman–Crippen MR) is 69.5 cm³/mol. The lowest BCUT2D eigenvalue weighted by molar-refractivity contribution is 0.0870. The van der Waals surface area contributed by atoms with Crippen LogP contribution in [0.5, 0.6) is 5.75 Å². The zero-order valence-corrected chi connectivity index (χ0v) is 11.7. The van der Waals surface area contributed by atoms with Crippen LogP contribution in [0.4, 0.5) is 0 Å². The van der Waals surface area contributed by atoms with Gasteiger partial charge in [-0.3, -0.25) is 4.79 Å². The second-order valence-corrected chi connectivity index (χ2v) is 4.46. The van der Waals surface area contributed by atoms with Crippen LogP contribution < -0.4 is 10.1 Å². The van der Waals surface area contributed by atoms with Gasteiger partial charge in [-0.15, -0.1) is 0 Å². The van der Waals surface area contributed by atoms with Crippen molar-refractivity contribution >= 4 is 21.8 Å². The van der Waals surface area contributed by atoms with E-state index in [9.17, 15) is 4.79 Å². The van der Waals surface area contributed by atoms with Crippen molar-refractivity contribution in [3.8, 4) is 5.75 Å². The van der Waals surface area contributed by atoms with Gasteiger partial charge in [0.1, 0.15) is 5.75 Å². The highest BCUT2D eigenvalue weighted by Crippen LogP contribution is 2.25. The smallest absolute Gasteiger partial charge is 0.251 e. The number of halogens is 1. The van der Waals surface area contributed by atoms with E-state index in [0.29, 0.717) is 17.9 Å². The van der Waals surface area contributed by atoms with Gasteiger partial charge >= 0.3 is 0 Å². The number of hydrogen-bond donors (Lipinski definition) is 1. The standard InChI is InChI=1S/C12H16BrNO3/c1-8(16-2)7-14-12(15)9-4-5-11(17-3)10(13)6-9/h4-6,8H,7H2,1-3H3,(H,14,15). The average Bonchev–Trinajstić information content (AvgIpc) is 2.35. The molecule has 0 fully saturated rings. The zero-order chi connectivity index (χ0) is 12.8. The molecule has 1 atom stereocenters. The maximum absolute atomic E-state index is 11.8. The molecular formula is C12H16BrNO3. The highest BCUT2D eigenvalue weighted by molar-refractivity contribution is 9.10. The largest absolute Gasteiger partial charge is 0.496 e. The van der Waals surface area contributed by atoms with E-state index in [1.807, 2.05) is 6.92 Å². The highest BCUT2D eigenvalue weighted by Gasteiger charge is 2.09. The van der Waals surface area contributed by atoms with E-state index in [0.717, 1.165) is 4.47 Å². The number of nitrogens with one attached hydrogen (secondary N) is 1. The van der Waals surface area contributed by atoms with Crippen LogP contribution in [0.3, 0.4) is 0 Å². The normalized spacial score (nSPS) is 12.0. The molecule has 0 aliphatic carbocycles. The van der Waals surface area contributed by atoms with Crippen LogP contribution in [0, 0.1) is 0 Å². The van der Waals surface area contributed by atoms with Crippen LogP contribution in [0.2, 0.25) is 0 Å². The van der Waals surface area contributed by atoms with Crippen molar-refractivity contribution in [2.24, 2.45) is 0 Å². The Bertz CT molecular complexity index is 395. The molecule has 0 bridgehead atoms. The zero-order valence-electron chi connectivity index (χ0n) is 10.1. The molecule has 94 valence electrons. The number of ether oxygens (including phenoxy) is 2. The van der Waals surface area contributed by atoms with Crippen LogP contribution in [0.15, 0.2) is 22.7 Å². The molecule has 0 heterocycles. The third kappa shape index (κ3) is 4.02. The monoisotopic (exact) mass is 301 g/mol. The lowest BCUT2D eigenvalue weighted by Crippen LogP contribution is -2.31. The molecule has 1 aromatic rings. The van der Waals surface area contributed by atoms with Crippen molar-refractivity contribution < 1.29 is 14.3 Å². The Morgan fingerprint density at radius 2 is 2.18 bits per heavy atom. The van der Waals surface area contributed by atoms with Gasteiger partial charge in [0.05, 0.1) is 17.7 Å². The summed E-state index contributed by atoms with van der Waals surface area (Å²) in [4.78, 5) is 11.8. The Labute approximate surface area is 109 Å². The SMILES string of the molecule is COc1ccc(C(=O)NCC(C)OC)cc1Br. The maximum Gasteiger partial charge on any atom is 0.251 e. The molecule has 0 aromatic heterocycles. The topological polar surface area (TPSA) is 47.6 Å². The first-order valence-electron chi connectivity index (χ1n) is 5.23. The predicted octanol–water partition coefficient (Wildman–Crippen LogP) is 2.22. The fraction of sp³-hybridized carbons (Fsp3) is 0.417.